The summed E-state index contributed by atoms with van der Waals surface area (Å²) < 4.78 is 0. The van der Waals surface area contributed by atoms with Crippen LogP contribution < -0.4 is 9.80 Å². The molecule has 2 aliphatic rings. The van der Waals surface area contributed by atoms with Gasteiger partial charge >= 0.3 is 0 Å². The van der Waals surface area contributed by atoms with E-state index in [1.54, 1.807) is 6.20 Å². The van der Waals surface area contributed by atoms with Gasteiger partial charge in [-0.1, -0.05) is 0 Å². The van der Waals surface area contributed by atoms with Crippen molar-refractivity contribution in [1.29, 1.82) is 0 Å². The molecule has 0 atom stereocenters. The van der Waals surface area contributed by atoms with Crippen LogP contribution in [-0.4, -0.2) is 91.2 Å². The van der Waals surface area contributed by atoms with Gasteiger partial charge in [-0.15, -0.1) is 0 Å². The van der Waals surface area contributed by atoms with Crippen molar-refractivity contribution in [3.05, 3.63) is 18.3 Å². The Morgan fingerprint density at radius 2 is 1.29 bits per heavy atom. The first kappa shape index (κ1) is 19.3. The molecule has 4 heterocycles. The molecule has 7 heteroatoms. The fraction of sp³-hybridized carbons (Fsp3) is 0.667. The van der Waals surface area contributed by atoms with Gasteiger partial charge in [0, 0.05) is 44.5 Å². The number of fused-ring (bicyclic) bond motifs is 1. The number of piperidine rings is 2. The molecule has 152 valence electrons. The normalized spacial score (nSPS) is 19.9. The standard InChI is InChI=1S/C21H33N7/c1-25(2)16-7-12-27(13-8-16)20-21(24-19-18(23-20)6-5-11-22-19)28-14-9-17(10-15-28)26(3)4/h5-6,11,16-17H,7-10,12-15H2,1-4H3. The highest BCUT2D eigenvalue weighted by Gasteiger charge is 2.28. The summed E-state index contributed by atoms with van der Waals surface area (Å²) in [4.78, 5) is 24.0. The highest BCUT2D eigenvalue weighted by Crippen LogP contribution is 2.32. The summed E-state index contributed by atoms with van der Waals surface area (Å²) >= 11 is 0. The summed E-state index contributed by atoms with van der Waals surface area (Å²) in [6.45, 7) is 4.11. The fourth-order valence-electron chi connectivity index (χ4n) is 4.49. The van der Waals surface area contributed by atoms with Crippen LogP contribution >= 0.6 is 0 Å². The molecule has 0 bridgehead atoms. The minimum atomic E-state index is 0.655. The molecule has 0 saturated carbocycles. The zero-order chi connectivity index (χ0) is 19.7. The minimum absolute atomic E-state index is 0.655. The lowest BCUT2D eigenvalue weighted by atomic mass is 10.0. The molecule has 0 spiro atoms. The van der Waals surface area contributed by atoms with Crippen LogP contribution in [0.4, 0.5) is 11.6 Å². The Hall–Kier alpha value is -1.99. The van der Waals surface area contributed by atoms with Crippen molar-refractivity contribution in [2.75, 3.05) is 64.2 Å². The Labute approximate surface area is 168 Å². The fourth-order valence-corrected chi connectivity index (χ4v) is 4.49. The molecular formula is C21H33N7. The average Bonchev–Trinajstić information content (AvgIpc) is 2.73. The highest BCUT2D eigenvalue weighted by molar-refractivity contribution is 5.78. The van der Waals surface area contributed by atoms with Crippen LogP contribution in [-0.2, 0) is 0 Å². The maximum atomic E-state index is 5.03. The lowest BCUT2D eigenvalue weighted by Gasteiger charge is -2.39. The van der Waals surface area contributed by atoms with Crippen LogP contribution in [0, 0.1) is 0 Å². The summed E-state index contributed by atoms with van der Waals surface area (Å²) in [5, 5.41) is 0. The minimum Gasteiger partial charge on any atom is -0.353 e. The molecule has 0 aliphatic carbocycles. The van der Waals surface area contributed by atoms with Gasteiger partial charge in [0.25, 0.3) is 0 Å². The first-order valence-electron chi connectivity index (χ1n) is 10.5. The van der Waals surface area contributed by atoms with Gasteiger partial charge in [0.15, 0.2) is 17.3 Å². The van der Waals surface area contributed by atoms with Gasteiger partial charge in [-0.3, -0.25) is 0 Å². The Morgan fingerprint density at radius 3 is 1.79 bits per heavy atom. The number of anilines is 2. The molecule has 7 nitrogen and oxygen atoms in total. The van der Waals surface area contributed by atoms with Gasteiger partial charge in [-0.05, 0) is 66.0 Å². The van der Waals surface area contributed by atoms with E-state index >= 15 is 0 Å². The van der Waals surface area contributed by atoms with E-state index in [0.29, 0.717) is 12.1 Å². The quantitative estimate of drug-likeness (QED) is 0.801. The molecule has 0 aromatic carbocycles. The van der Waals surface area contributed by atoms with Gasteiger partial charge in [-0.2, -0.15) is 0 Å². The molecule has 2 aromatic rings. The predicted molar refractivity (Wildman–Crippen MR) is 115 cm³/mol. The van der Waals surface area contributed by atoms with Crippen molar-refractivity contribution in [1.82, 2.24) is 24.8 Å². The zero-order valence-corrected chi connectivity index (χ0v) is 17.7. The van der Waals surface area contributed by atoms with Crippen LogP contribution in [0.25, 0.3) is 11.2 Å². The van der Waals surface area contributed by atoms with Crippen LogP contribution in [0.3, 0.4) is 0 Å². The van der Waals surface area contributed by atoms with Crippen LogP contribution in [0.1, 0.15) is 25.7 Å². The monoisotopic (exact) mass is 383 g/mol. The molecule has 28 heavy (non-hydrogen) atoms. The molecule has 2 saturated heterocycles. The second-order valence-corrected chi connectivity index (χ2v) is 8.58. The van der Waals surface area contributed by atoms with E-state index in [9.17, 15) is 0 Å². The first-order valence-corrected chi connectivity index (χ1v) is 10.5. The summed E-state index contributed by atoms with van der Waals surface area (Å²) in [5.41, 5.74) is 1.64. The van der Waals surface area contributed by atoms with Crippen molar-refractivity contribution in [3.63, 3.8) is 0 Å². The number of rotatable bonds is 4. The van der Waals surface area contributed by atoms with Gasteiger partial charge in [-0.25, -0.2) is 15.0 Å². The number of hydrogen-bond donors (Lipinski definition) is 0. The van der Waals surface area contributed by atoms with Crippen molar-refractivity contribution < 1.29 is 0 Å². The number of hydrogen-bond acceptors (Lipinski definition) is 7. The van der Waals surface area contributed by atoms with Gasteiger partial charge in [0.2, 0.25) is 0 Å². The summed E-state index contributed by atoms with van der Waals surface area (Å²) in [6, 6.07) is 5.28. The maximum Gasteiger partial charge on any atom is 0.180 e. The lowest BCUT2D eigenvalue weighted by Crippen LogP contribution is -2.45. The van der Waals surface area contributed by atoms with Gasteiger partial charge < -0.3 is 19.6 Å². The zero-order valence-electron chi connectivity index (χ0n) is 17.7. The SMILES string of the molecule is CN(C)C1CCN(c2nc3cccnc3nc2N2CCC(N(C)C)CC2)CC1. The average molecular weight is 384 g/mol. The van der Waals surface area contributed by atoms with E-state index in [0.717, 1.165) is 61.8 Å². The van der Waals surface area contributed by atoms with E-state index in [2.05, 4.69) is 52.8 Å². The molecule has 0 unspecified atom stereocenters. The van der Waals surface area contributed by atoms with Crippen LogP contribution in [0.2, 0.25) is 0 Å². The Morgan fingerprint density at radius 1 is 0.786 bits per heavy atom. The van der Waals surface area contributed by atoms with E-state index < -0.39 is 0 Å². The first-order chi connectivity index (χ1) is 13.5. The molecule has 2 fully saturated rings. The predicted octanol–water partition coefficient (Wildman–Crippen LogP) is 2.09. The number of nitrogens with zero attached hydrogens (tertiary/aromatic N) is 7. The second-order valence-electron chi connectivity index (χ2n) is 8.58. The second kappa shape index (κ2) is 8.17. The Bertz CT molecular complexity index is 724. The Balaban J connectivity index is 1.62. The van der Waals surface area contributed by atoms with Crippen molar-refractivity contribution in [2.45, 2.75) is 37.8 Å². The van der Waals surface area contributed by atoms with Crippen LogP contribution in [0.5, 0.6) is 0 Å². The largest absolute Gasteiger partial charge is 0.353 e. The smallest absolute Gasteiger partial charge is 0.180 e. The number of aromatic nitrogens is 3. The lowest BCUT2D eigenvalue weighted by molar-refractivity contribution is 0.247. The van der Waals surface area contributed by atoms with Crippen LogP contribution in [0.15, 0.2) is 18.3 Å². The molecule has 0 N–H and O–H groups in total. The third-order valence-electron chi connectivity index (χ3n) is 6.39. The van der Waals surface area contributed by atoms with Crippen molar-refractivity contribution >= 4 is 22.8 Å². The van der Waals surface area contributed by atoms with E-state index in [-0.39, 0.29) is 0 Å². The Kier molecular flexibility index (Phi) is 5.64. The topological polar surface area (TPSA) is 51.6 Å². The van der Waals surface area contributed by atoms with E-state index in [1.807, 2.05) is 12.1 Å². The summed E-state index contributed by atoms with van der Waals surface area (Å²) in [6.07, 6.45) is 6.47. The molecule has 2 aromatic heterocycles. The van der Waals surface area contributed by atoms with E-state index in [1.165, 1.54) is 12.8 Å². The summed E-state index contributed by atoms with van der Waals surface area (Å²) in [5.74, 6) is 2.06. The third-order valence-corrected chi connectivity index (χ3v) is 6.39. The molecule has 4 rings (SSSR count). The molecule has 0 amide bonds. The molecular weight excluding hydrogens is 350 g/mol. The molecule has 0 radical (unpaired) electrons. The highest BCUT2D eigenvalue weighted by atomic mass is 15.3. The maximum absolute atomic E-state index is 5.03. The molecule has 2 aliphatic heterocycles. The number of pyridine rings is 1. The van der Waals surface area contributed by atoms with Crippen molar-refractivity contribution in [2.24, 2.45) is 0 Å². The van der Waals surface area contributed by atoms with Gasteiger partial charge in [0.1, 0.15) is 5.52 Å². The third kappa shape index (κ3) is 3.91. The summed E-state index contributed by atoms with van der Waals surface area (Å²) in [7, 11) is 8.73. The van der Waals surface area contributed by atoms with E-state index in [4.69, 9.17) is 9.97 Å². The van der Waals surface area contributed by atoms with Gasteiger partial charge in [0.05, 0.1) is 0 Å². The van der Waals surface area contributed by atoms with Crippen molar-refractivity contribution in [3.8, 4) is 0 Å².